The second-order valence-electron chi connectivity index (χ2n) is 7.16. The van der Waals surface area contributed by atoms with Gasteiger partial charge < -0.3 is 4.57 Å². The summed E-state index contributed by atoms with van der Waals surface area (Å²) in [5.74, 6) is 0.0275. The largest absolute Gasteiger partial charge is 0.301 e. The quantitative estimate of drug-likeness (QED) is 0.417. The number of nitrogens with one attached hydrogen (secondary N) is 1. The molecule has 9 heteroatoms. The van der Waals surface area contributed by atoms with Crippen molar-refractivity contribution in [2.24, 2.45) is 7.05 Å². The van der Waals surface area contributed by atoms with Crippen molar-refractivity contribution in [2.75, 3.05) is 5.75 Å². The van der Waals surface area contributed by atoms with E-state index >= 15 is 0 Å². The molecule has 0 bridgehead atoms. The molecule has 3 aromatic rings. The molecule has 0 saturated carbocycles. The molecule has 0 radical (unpaired) electrons. The Morgan fingerprint density at radius 2 is 2.03 bits per heavy atom. The molecule has 1 N–H and O–H groups in total. The number of fused-ring (bicyclic) bond motifs is 1. The van der Waals surface area contributed by atoms with Gasteiger partial charge >= 0.3 is 0 Å². The van der Waals surface area contributed by atoms with Crippen molar-refractivity contribution >= 4 is 44.5 Å². The van der Waals surface area contributed by atoms with Crippen molar-refractivity contribution in [3.8, 4) is 5.82 Å². The number of hydrogen-bond acceptors (Lipinski definition) is 4. The number of rotatable bonds is 8. The van der Waals surface area contributed by atoms with E-state index in [2.05, 4.69) is 9.82 Å². The number of sulfonamides is 1. The van der Waals surface area contributed by atoms with Crippen LogP contribution in [0.1, 0.15) is 37.4 Å². The third kappa shape index (κ3) is 4.94. The molecule has 0 atom stereocenters. The molecule has 0 spiro atoms. The van der Waals surface area contributed by atoms with Gasteiger partial charge in [-0.15, -0.1) is 0 Å². The number of carbonyl (C=O) groups is 1. The average Bonchev–Trinajstić information content (AvgIpc) is 3.18. The van der Waals surface area contributed by atoms with E-state index in [4.69, 9.17) is 11.6 Å². The van der Waals surface area contributed by atoms with E-state index in [1.165, 1.54) is 6.08 Å². The summed E-state index contributed by atoms with van der Waals surface area (Å²) < 4.78 is 29.8. The van der Waals surface area contributed by atoms with Crippen molar-refractivity contribution < 1.29 is 13.2 Å². The first kappa shape index (κ1) is 22.1. The van der Waals surface area contributed by atoms with Gasteiger partial charge in [0.25, 0.3) is 5.91 Å². The average molecular weight is 449 g/mol. The standard InChI is InChI=1S/C21H25ClN4O3S/c1-4-5-6-13-30(28,29)24-20(27)10-8-18-15(2)23-25(3)21(18)26-12-11-16-14-17(22)7-9-19(16)26/h7-12,14H,4-6,13H2,1-3H3,(H,24,27)/b10-8+. The van der Waals surface area contributed by atoms with Gasteiger partial charge in [-0.25, -0.2) is 13.1 Å². The normalized spacial score (nSPS) is 12.1. The molecular weight excluding hydrogens is 424 g/mol. The number of carbonyl (C=O) groups excluding carboxylic acids is 1. The van der Waals surface area contributed by atoms with Crippen LogP contribution in [0.3, 0.4) is 0 Å². The highest BCUT2D eigenvalue weighted by Gasteiger charge is 2.16. The van der Waals surface area contributed by atoms with Gasteiger partial charge in [0.05, 0.1) is 17.0 Å². The Hall–Kier alpha value is -2.58. The van der Waals surface area contributed by atoms with Crippen LogP contribution >= 0.6 is 11.6 Å². The summed E-state index contributed by atoms with van der Waals surface area (Å²) in [7, 11) is -1.82. The van der Waals surface area contributed by atoms with Gasteiger partial charge in [0, 0.05) is 35.3 Å². The minimum Gasteiger partial charge on any atom is -0.301 e. The van der Waals surface area contributed by atoms with Crippen molar-refractivity contribution in [3.05, 3.63) is 52.8 Å². The van der Waals surface area contributed by atoms with Gasteiger partial charge in [-0.1, -0.05) is 31.4 Å². The van der Waals surface area contributed by atoms with Crippen LogP contribution in [0, 0.1) is 6.92 Å². The fourth-order valence-electron chi connectivity index (χ4n) is 3.38. The predicted molar refractivity (Wildman–Crippen MR) is 120 cm³/mol. The third-order valence-electron chi connectivity index (χ3n) is 4.79. The first-order chi connectivity index (χ1) is 14.2. The molecule has 0 aliphatic heterocycles. The SMILES string of the molecule is CCCCCS(=O)(=O)NC(=O)/C=C/c1c(C)nn(C)c1-n1ccc2cc(Cl)ccc21. The zero-order valence-corrected chi connectivity index (χ0v) is 18.8. The minimum atomic E-state index is -3.64. The number of aryl methyl sites for hydroxylation is 2. The van der Waals surface area contributed by atoms with Crippen molar-refractivity contribution in [1.29, 1.82) is 0 Å². The molecule has 2 heterocycles. The topological polar surface area (TPSA) is 86.0 Å². The maximum Gasteiger partial charge on any atom is 0.257 e. The Bertz CT molecular complexity index is 1210. The summed E-state index contributed by atoms with van der Waals surface area (Å²) >= 11 is 6.09. The second kappa shape index (κ2) is 9.06. The predicted octanol–water partition coefficient (Wildman–Crippen LogP) is 3.98. The van der Waals surface area contributed by atoms with Crippen LogP contribution in [0.4, 0.5) is 0 Å². The maximum absolute atomic E-state index is 12.2. The van der Waals surface area contributed by atoms with Gasteiger partial charge in [0.1, 0.15) is 5.82 Å². The molecule has 30 heavy (non-hydrogen) atoms. The van der Waals surface area contributed by atoms with Crippen LogP contribution in [0.15, 0.2) is 36.5 Å². The van der Waals surface area contributed by atoms with Crippen molar-refractivity contribution in [2.45, 2.75) is 33.1 Å². The molecule has 3 rings (SSSR count). The van der Waals surface area contributed by atoms with Crippen LogP contribution in [0.5, 0.6) is 0 Å². The molecule has 0 saturated heterocycles. The molecule has 0 aliphatic carbocycles. The highest BCUT2D eigenvalue weighted by atomic mass is 35.5. The number of halogens is 1. The first-order valence-electron chi connectivity index (χ1n) is 9.75. The van der Waals surface area contributed by atoms with E-state index in [0.29, 0.717) is 11.4 Å². The summed E-state index contributed by atoms with van der Waals surface area (Å²) in [6.45, 7) is 3.83. The van der Waals surface area contributed by atoms with E-state index in [1.54, 1.807) is 10.8 Å². The number of hydrogen-bond donors (Lipinski definition) is 1. The van der Waals surface area contributed by atoms with E-state index in [0.717, 1.165) is 40.8 Å². The van der Waals surface area contributed by atoms with Gasteiger partial charge in [0.15, 0.2) is 0 Å². The molecular formula is C21H25ClN4O3S. The van der Waals surface area contributed by atoms with Crippen molar-refractivity contribution in [3.63, 3.8) is 0 Å². The number of aromatic nitrogens is 3. The summed E-state index contributed by atoms with van der Waals surface area (Å²) in [4.78, 5) is 12.2. The van der Waals surface area contributed by atoms with Gasteiger partial charge in [-0.05, 0) is 43.7 Å². The summed E-state index contributed by atoms with van der Waals surface area (Å²) in [6, 6.07) is 7.56. The fraction of sp³-hybridized carbons (Fsp3) is 0.333. The summed E-state index contributed by atoms with van der Waals surface area (Å²) in [5.41, 5.74) is 2.39. The van der Waals surface area contributed by atoms with Crippen LogP contribution in [-0.2, 0) is 21.9 Å². The Kier molecular flexibility index (Phi) is 6.67. The molecule has 0 aliphatic rings. The zero-order chi connectivity index (χ0) is 21.9. The lowest BCUT2D eigenvalue weighted by atomic mass is 10.2. The summed E-state index contributed by atoms with van der Waals surface area (Å²) in [6.07, 6.45) is 6.97. The third-order valence-corrected chi connectivity index (χ3v) is 6.37. The zero-order valence-electron chi connectivity index (χ0n) is 17.2. The molecule has 1 aromatic carbocycles. The minimum absolute atomic E-state index is 0.0600. The van der Waals surface area contributed by atoms with Crippen LogP contribution in [0.2, 0.25) is 5.02 Å². The Morgan fingerprint density at radius 3 is 2.77 bits per heavy atom. The maximum atomic E-state index is 12.2. The van der Waals surface area contributed by atoms with Crippen LogP contribution in [-0.4, -0.2) is 34.4 Å². The number of amides is 1. The lowest BCUT2D eigenvalue weighted by Crippen LogP contribution is -2.31. The van der Waals surface area contributed by atoms with Crippen LogP contribution in [0.25, 0.3) is 22.8 Å². The van der Waals surface area contributed by atoms with E-state index in [-0.39, 0.29) is 5.75 Å². The molecule has 0 unspecified atom stereocenters. The Labute approximate surface area is 181 Å². The highest BCUT2D eigenvalue weighted by molar-refractivity contribution is 7.90. The molecule has 2 aromatic heterocycles. The number of benzene rings is 1. The second-order valence-corrected chi connectivity index (χ2v) is 9.44. The number of unbranched alkanes of at least 4 members (excludes halogenated alkanes) is 2. The smallest absolute Gasteiger partial charge is 0.257 e. The molecule has 7 nitrogen and oxygen atoms in total. The molecule has 1 amide bonds. The highest BCUT2D eigenvalue weighted by Crippen LogP contribution is 2.27. The van der Waals surface area contributed by atoms with Crippen LogP contribution < -0.4 is 4.72 Å². The van der Waals surface area contributed by atoms with E-state index in [9.17, 15) is 13.2 Å². The van der Waals surface area contributed by atoms with Gasteiger partial charge in [-0.2, -0.15) is 5.10 Å². The van der Waals surface area contributed by atoms with E-state index < -0.39 is 15.9 Å². The fourth-order valence-corrected chi connectivity index (χ4v) is 4.62. The van der Waals surface area contributed by atoms with Gasteiger partial charge in [0.2, 0.25) is 10.0 Å². The lowest BCUT2D eigenvalue weighted by molar-refractivity contribution is -0.114. The summed E-state index contributed by atoms with van der Waals surface area (Å²) in [5, 5.41) is 6.09. The van der Waals surface area contributed by atoms with Gasteiger partial charge in [-0.3, -0.25) is 9.48 Å². The monoisotopic (exact) mass is 448 g/mol. The molecule has 160 valence electrons. The Morgan fingerprint density at radius 1 is 1.27 bits per heavy atom. The van der Waals surface area contributed by atoms with E-state index in [1.807, 2.05) is 55.9 Å². The molecule has 0 fully saturated rings. The number of nitrogens with zero attached hydrogens (tertiary/aromatic N) is 3. The van der Waals surface area contributed by atoms with Crippen molar-refractivity contribution in [1.82, 2.24) is 19.1 Å². The Balaban J connectivity index is 1.88. The first-order valence-corrected chi connectivity index (χ1v) is 11.8. The lowest BCUT2D eigenvalue weighted by Gasteiger charge is -2.08.